The van der Waals surface area contributed by atoms with Crippen LogP contribution in [-0.2, 0) is 14.3 Å². The lowest BCUT2D eigenvalue weighted by molar-refractivity contribution is -0.157. The summed E-state index contributed by atoms with van der Waals surface area (Å²) in [5.41, 5.74) is 0.977. The molecule has 0 aromatic heterocycles. The zero-order chi connectivity index (χ0) is 11.1. The highest BCUT2D eigenvalue weighted by atomic mass is 16.5. The first-order valence-corrected chi connectivity index (χ1v) is 4.13. The predicted octanol–water partition coefficient (Wildman–Crippen LogP) is 0.331. The number of carboxylic acids is 1. The summed E-state index contributed by atoms with van der Waals surface area (Å²) in [6, 6.07) is 0. The number of esters is 1. The molecule has 0 rings (SSSR count). The smallest absolute Gasteiger partial charge is 0.335 e. The molecule has 5 nitrogen and oxygen atoms in total. The van der Waals surface area contributed by atoms with Crippen molar-refractivity contribution in [2.75, 3.05) is 6.61 Å². The molecule has 0 aromatic rings. The van der Waals surface area contributed by atoms with E-state index in [1.54, 1.807) is 6.08 Å². The van der Waals surface area contributed by atoms with Gasteiger partial charge in [0.1, 0.15) is 6.61 Å². The maximum absolute atomic E-state index is 10.9. The molecule has 1 atom stereocenters. The monoisotopic (exact) mass is 202 g/mol. The van der Waals surface area contributed by atoms with Crippen molar-refractivity contribution < 1.29 is 24.5 Å². The molecule has 0 aliphatic rings. The number of carboxylic acid groups (broad SMARTS) is 1. The van der Waals surface area contributed by atoms with Gasteiger partial charge in [-0.1, -0.05) is 5.57 Å². The van der Waals surface area contributed by atoms with Gasteiger partial charge in [-0.15, -0.1) is 0 Å². The highest BCUT2D eigenvalue weighted by Gasteiger charge is 2.19. The minimum atomic E-state index is -1.59. The molecule has 0 bridgehead atoms. The van der Waals surface area contributed by atoms with Crippen LogP contribution in [0.25, 0.3) is 0 Å². The molecule has 0 saturated carbocycles. The number of hydrogen-bond acceptors (Lipinski definition) is 4. The highest BCUT2D eigenvalue weighted by molar-refractivity contribution is 5.80. The van der Waals surface area contributed by atoms with Crippen molar-refractivity contribution in [3.05, 3.63) is 11.6 Å². The Kier molecular flexibility index (Phi) is 5.55. The van der Waals surface area contributed by atoms with E-state index in [1.807, 2.05) is 13.8 Å². The molecule has 80 valence electrons. The number of aliphatic hydroxyl groups excluding tert-OH is 1. The Labute approximate surface area is 82.0 Å². The van der Waals surface area contributed by atoms with Gasteiger partial charge in [0.25, 0.3) is 0 Å². The number of carbonyl (C=O) groups is 2. The zero-order valence-corrected chi connectivity index (χ0v) is 8.19. The second kappa shape index (κ2) is 6.15. The van der Waals surface area contributed by atoms with Crippen molar-refractivity contribution in [2.45, 2.75) is 26.4 Å². The summed E-state index contributed by atoms with van der Waals surface area (Å²) in [5, 5.41) is 17.2. The number of rotatable bonds is 5. The lowest BCUT2D eigenvalue weighted by atomic mass is 10.2. The molecule has 5 heteroatoms. The highest BCUT2D eigenvalue weighted by Crippen LogP contribution is 1.96. The van der Waals surface area contributed by atoms with Crippen molar-refractivity contribution in [2.24, 2.45) is 0 Å². The third-order valence-electron chi connectivity index (χ3n) is 1.36. The van der Waals surface area contributed by atoms with Crippen molar-refractivity contribution in [3.63, 3.8) is 0 Å². The largest absolute Gasteiger partial charge is 0.481 e. The van der Waals surface area contributed by atoms with E-state index in [0.717, 1.165) is 5.57 Å². The van der Waals surface area contributed by atoms with Gasteiger partial charge in [0.2, 0.25) is 0 Å². The topological polar surface area (TPSA) is 83.8 Å². The number of ether oxygens (including phenoxy) is 1. The Bertz CT molecular complexity index is 240. The molecule has 2 N–H and O–H groups in total. The maximum Gasteiger partial charge on any atom is 0.335 e. The van der Waals surface area contributed by atoms with Crippen molar-refractivity contribution in [3.8, 4) is 0 Å². The maximum atomic E-state index is 10.9. The summed E-state index contributed by atoms with van der Waals surface area (Å²) in [5.74, 6) is -2.15. The van der Waals surface area contributed by atoms with Gasteiger partial charge in [-0.2, -0.15) is 0 Å². The average Bonchev–Trinajstić information content (AvgIpc) is 2.01. The summed E-state index contributed by atoms with van der Waals surface area (Å²) in [7, 11) is 0. The molecule has 0 radical (unpaired) electrons. The Hall–Kier alpha value is -1.36. The van der Waals surface area contributed by atoms with Gasteiger partial charge in [0, 0.05) is 0 Å². The van der Waals surface area contributed by atoms with Crippen LogP contribution < -0.4 is 0 Å². The molecule has 0 amide bonds. The second-order valence-corrected chi connectivity index (χ2v) is 3.03. The van der Waals surface area contributed by atoms with Crippen LogP contribution in [0.1, 0.15) is 20.3 Å². The predicted molar refractivity (Wildman–Crippen MR) is 48.6 cm³/mol. The third kappa shape index (κ3) is 6.19. The van der Waals surface area contributed by atoms with Gasteiger partial charge in [0.05, 0.1) is 6.42 Å². The van der Waals surface area contributed by atoms with E-state index < -0.39 is 24.5 Å². The molecule has 14 heavy (non-hydrogen) atoms. The van der Waals surface area contributed by atoms with E-state index >= 15 is 0 Å². The molecule has 0 heterocycles. The fourth-order valence-electron chi connectivity index (χ4n) is 0.635. The van der Waals surface area contributed by atoms with Crippen LogP contribution in [0.4, 0.5) is 0 Å². The van der Waals surface area contributed by atoms with Crippen LogP contribution in [-0.4, -0.2) is 34.9 Å². The molecule has 1 unspecified atom stereocenters. The van der Waals surface area contributed by atoms with Gasteiger partial charge in [0.15, 0.2) is 6.10 Å². The third-order valence-corrected chi connectivity index (χ3v) is 1.36. The Morgan fingerprint density at radius 3 is 2.43 bits per heavy atom. The first-order valence-electron chi connectivity index (χ1n) is 4.13. The lowest BCUT2D eigenvalue weighted by Gasteiger charge is -2.06. The van der Waals surface area contributed by atoms with Crippen molar-refractivity contribution >= 4 is 11.9 Å². The van der Waals surface area contributed by atoms with E-state index in [9.17, 15) is 9.59 Å². The molecule has 0 aliphatic carbocycles. The minimum absolute atomic E-state index is 0.0534. The first-order chi connectivity index (χ1) is 6.43. The summed E-state index contributed by atoms with van der Waals surface area (Å²) in [4.78, 5) is 21.0. The standard InChI is InChI=1S/C9H14O5/c1-6(2)3-4-14-9(13)7(10)5-8(11)12/h3,7,10H,4-5H2,1-2H3,(H,11,12). The summed E-state index contributed by atoms with van der Waals surface area (Å²) in [6.45, 7) is 3.72. The van der Waals surface area contributed by atoms with Gasteiger partial charge < -0.3 is 14.9 Å². The number of hydrogen-bond donors (Lipinski definition) is 2. The molecular formula is C9H14O5. The van der Waals surface area contributed by atoms with E-state index in [2.05, 4.69) is 4.74 Å². The van der Waals surface area contributed by atoms with E-state index in [0.29, 0.717) is 0 Å². The van der Waals surface area contributed by atoms with Crippen LogP contribution in [0.15, 0.2) is 11.6 Å². The Morgan fingerprint density at radius 1 is 1.43 bits per heavy atom. The molecule has 0 aromatic carbocycles. The number of aliphatic hydroxyl groups is 1. The van der Waals surface area contributed by atoms with Gasteiger partial charge in [-0.3, -0.25) is 4.79 Å². The SMILES string of the molecule is CC(C)=CCOC(=O)C(O)CC(=O)O. The first kappa shape index (κ1) is 12.6. The fourth-order valence-corrected chi connectivity index (χ4v) is 0.635. The van der Waals surface area contributed by atoms with E-state index in [4.69, 9.17) is 10.2 Å². The molecule has 0 saturated heterocycles. The summed E-state index contributed by atoms with van der Waals surface area (Å²) >= 11 is 0. The van der Waals surface area contributed by atoms with Gasteiger partial charge in [-0.05, 0) is 19.9 Å². The van der Waals surface area contributed by atoms with Crippen LogP contribution in [0.2, 0.25) is 0 Å². The molecular weight excluding hydrogens is 188 g/mol. The Balaban J connectivity index is 3.84. The van der Waals surface area contributed by atoms with Gasteiger partial charge >= 0.3 is 11.9 Å². The average molecular weight is 202 g/mol. The van der Waals surface area contributed by atoms with Gasteiger partial charge in [-0.25, -0.2) is 4.79 Å². The van der Waals surface area contributed by atoms with Crippen molar-refractivity contribution in [1.82, 2.24) is 0 Å². The zero-order valence-electron chi connectivity index (χ0n) is 8.19. The Morgan fingerprint density at radius 2 is 2.00 bits per heavy atom. The fraction of sp³-hybridized carbons (Fsp3) is 0.556. The number of allylic oxidation sites excluding steroid dienone is 1. The quantitative estimate of drug-likeness (QED) is 0.496. The number of aliphatic carboxylic acids is 1. The van der Waals surface area contributed by atoms with E-state index in [1.165, 1.54) is 0 Å². The van der Waals surface area contributed by atoms with E-state index in [-0.39, 0.29) is 6.61 Å². The van der Waals surface area contributed by atoms with Crippen LogP contribution in [0.3, 0.4) is 0 Å². The summed E-state index contributed by atoms with van der Waals surface area (Å²) < 4.78 is 4.59. The minimum Gasteiger partial charge on any atom is -0.481 e. The molecule has 0 aliphatic heterocycles. The van der Waals surface area contributed by atoms with Crippen LogP contribution in [0.5, 0.6) is 0 Å². The van der Waals surface area contributed by atoms with Crippen molar-refractivity contribution in [1.29, 1.82) is 0 Å². The molecule has 0 fully saturated rings. The van der Waals surface area contributed by atoms with Crippen LogP contribution >= 0.6 is 0 Å². The molecule has 0 spiro atoms. The second-order valence-electron chi connectivity index (χ2n) is 3.03. The summed E-state index contributed by atoms with van der Waals surface area (Å²) in [6.07, 6.45) is -0.558. The van der Waals surface area contributed by atoms with Crippen LogP contribution in [0, 0.1) is 0 Å². The lowest BCUT2D eigenvalue weighted by Crippen LogP contribution is -2.25. The normalized spacial score (nSPS) is 11.6. The number of carbonyl (C=O) groups excluding carboxylic acids is 1.